The van der Waals surface area contributed by atoms with Crippen molar-refractivity contribution in [3.63, 3.8) is 0 Å². The van der Waals surface area contributed by atoms with Gasteiger partial charge in [0.2, 0.25) is 5.91 Å². The number of thioether (sulfide) groups is 1. The van der Waals surface area contributed by atoms with Crippen LogP contribution in [0.15, 0.2) is 76.7 Å². The van der Waals surface area contributed by atoms with Crippen LogP contribution >= 0.6 is 11.8 Å². The Morgan fingerprint density at radius 2 is 1.69 bits per heavy atom. The van der Waals surface area contributed by atoms with Gasteiger partial charge >= 0.3 is 0 Å². The van der Waals surface area contributed by atoms with Gasteiger partial charge in [0, 0.05) is 11.6 Å². The van der Waals surface area contributed by atoms with Crippen molar-refractivity contribution in [3.05, 3.63) is 82.6 Å². The number of benzene rings is 3. The number of hydrogen-bond donors (Lipinski definition) is 1. The molecule has 9 heteroatoms. The van der Waals surface area contributed by atoms with Gasteiger partial charge in [0.05, 0.1) is 42.3 Å². The third-order valence-electron chi connectivity index (χ3n) is 5.28. The summed E-state index contributed by atoms with van der Waals surface area (Å²) < 4.78 is 12.2. The molecule has 1 aromatic heterocycles. The van der Waals surface area contributed by atoms with Crippen LogP contribution in [-0.2, 0) is 4.79 Å². The van der Waals surface area contributed by atoms with Crippen molar-refractivity contribution < 1.29 is 19.1 Å². The van der Waals surface area contributed by atoms with E-state index >= 15 is 0 Å². The number of methoxy groups -OCH3 is 2. The first-order chi connectivity index (χ1) is 16.9. The third-order valence-corrected chi connectivity index (χ3v) is 6.22. The standard InChI is InChI=1S/C26H23N3O5S/c1-16(30)18-8-4-6-10-20(18)27-24(31)15-35-26-28-21-11-7-5-9-19(21)25(32)29(26)17-12-13-22(33-2)23(14-17)34-3/h4-14H,15H2,1-3H3,(H,27,31). The molecule has 8 nitrogen and oxygen atoms in total. The van der Waals surface area contributed by atoms with Gasteiger partial charge in [0.1, 0.15) is 0 Å². The van der Waals surface area contributed by atoms with Crippen molar-refractivity contribution in [1.82, 2.24) is 9.55 Å². The van der Waals surface area contributed by atoms with Crippen molar-refractivity contribution in [2.45, 2.75) is 12.1 Å². The monoisotopic (exact) mass is 489 g/mol. The van der Waals surface area contributed by atoms with Gasteiger partial charge in [-0.25, -0.2) is 4.98 Å². The first-order valence-corrected chi connectivity index (χ1v) is 11.7. The minimum absolute atomic E-state index is 0.0235. The van der Waals surface area contributed by atoms with E-state index in [9.17, 15) is 14.4 Å². The van der Waals surface area contributed by atoms with E-state index in [0.29, 0.717) is 44.5 Å². The molecule has 0 aliphatic heterocycles. The molecule has 0 aliphatic rings. The molecule has 0 bridgehead atoms. The van der Waals surface area contributed by atoms with Crippen LogP contribution in [0.25, 0.3) is 16.6 Å². The maximum Gasteiger partial charge on any atom is 0.266 e. The van der Waals surface area contributed by atoms with Gasteiger partial charge in [-0.2, -0.15) is 0 Å². The average Bonchev–Trinajstić information content (AvgIpc) is 2.87. The van der Waals surface area contributed by atoms with E-state index in [1.54, 1.807) is 66.7 Å². The maximum absolute atomic E-state index is 13.5. The molecule has 0 radical (unpaired) electrons. The van der Waals surface area contributed by atoms with Crippen LogP contribution in [0.3, 0.4) is 0 Å². The number of nitrogens with one attached hydrogen (secondary N) is 1. The summed E-state index contributed by atoms with van der Waals surface area (Å²) in [5.74, 6) is 0.483. The molecule has 0 saturated heterocycles. The Labute approximate surface area is 205 Å². The van der Waals surface area contributed by atoms with Gasteiger partial charge < -0.3 is 14.8 Å². The van der Waals surface area contributed by atoms with Crippen LogP contribution in [0.2, 0.25) is 0 Å². The van der Waals surface area contributed by atoms with Crippen LogP contribution in [0.5, 0.6) is 11.5 Å². The summed E-state index contributed by atoms with van der Waals surface area (Å²) in [7, 11) is 3.05. The van der Waals surface area contributed by atoms with Crippen molar-refractivity contribution >= 4 is 40.0 Å². The predicted octanol–water partition coefficient (Wildman–Crippen LogP) is 4.34. The minimum Gasteiger partial charge on any atom is -0.493 e. The fourth-order valence-corrected chi connectivity index (χ4v) is 4.43. The Morgan fingerprint density at radius 1 is 0.971 bits per heavy atom. The number of hydrogen-bond acceptors (Lipinski definition) is 7. The highest BCUT2D eigenvalue weighted by atomic mass is 32.2. The zero-order valence-corrected chi connectivity index (χ0v) is 20.2. The number of carbonyl (C=O) groups excluding carboxylic acids is 2. The maximum atomic E-state index is 13.5. The normalized spacial score (nSPS) is 10.7. The molecule has 4 rings (SSSR count). The lowest BCUT2D eigenvalue weighted by atomic mass is 10.1. The molecule has 178 valence electrons. The molecular formula is C26H23N3O5S. The van der Waals surface area contributed by atoms with Crippen LogP contribution in [-0.4, -0.2) is 41.2 Å². The van der Waals surface area contributed by atoms with Gasteiger partial charge in [0.25, 0.3) is 5.56 Å². The van der Waals surface area contributed by atoms with E-state index < -0.39 is 0 Å². The van der Waals surface area contributed by atoms with E-state index in [1.807, 2.05) is 0 Å². The second kappa shape index (κ2) is 10.4. The average molecular weight is 490 g/mol. The number of ether oxygens (including phenoxy) is 2. The summed E-state index contributed by atoms with van der Waals surface area (Å²) in [5, 5.41) is 3.57. The summed E-state index contributed by atoms with van der Waals surface area (Å²) >= 11 is 1.12. The van der Waals surface area contributed by atoms with Gasteiger partial charge in [-0.1, -0.05) is 36.0 Å². The molecule has 0 unspecified atom stereocenters. The second-order valence-corrected chi connectivity index (χ2v) is 8.47. The highest BCUT2D eigenvalue weighted by molar-refractivity contribution is 7.99. The zero-order chi connectivity index (χ0) is 24.9. The van der Waals surface area contributed by atoms with Crippen molar-refractivity contribution in [2.24, 2.45) is 0 Å². The number of amides is 1. The number of carbonyl (C=O) groups is 2. The summed E-state index contributed by atoms with van der Waals surface area (Å²) in [6, 6.07) is 19.0. The quantitative estimate of drug-likeness (QED) is 0.223. The van der Waals surface area contributed by atoms with Crippen LogP contribution in [0.4, 0.5) is 5.69 Å². The lowest BCUT2D eigenvalue weighted by molar-refractivity contribution is -0.113. The molecular weight excluding hydrogens is 466 g/mol. The molecule has 4 aromatic rings. The number of Topliss-reactive ketones (excluding diaryl/α,β-unsaturated/α-hetero) is 1. The molecule has 1 N–H and O–H groups in total. The van der Waals surface area contributed by atoms with Crippen molar-refractivity contribution in [3.8, 4) is 17.2 Å². The SMILES string of the molecule is COc1ccc(-n2c(SCC(=O)Nc3ccccc3C(C)=O)nc3ccccc3c2=O)cc1OC. The molecule has 0 fully saturated rings. The Bertz CT molecular complexity index is 1480. The number of fused-ring (bicyclic) bond motifs is 1. The van der Waals surface area contributed by atoms with Crippen LogP contribution < -0.4 is 20.3 Å². The summed E-state index contributed by atoms with van der Waals surface area (Å²) in [4.78, 5) is 42.7. The lowest BCUT2D eigenvalue weighted by Gasteiger charge is -2.15. The lowest BCUT2D eigenvalue weighted by Crippen LogP contribution is -2.23. The highest BCUT2D eigenvalue weighted by Gasteiger charge is 2.17. The number of aromatic nitrogens is 2. The molecule has 35 heavy (non-hydrogen) atoms. The van der Waals surface area contributed by atoms with Gasteiger partial charge in [0.15, 0.2) is 22.4 Å². The summed E-state index contributed by atoms with van der Waals surface area (Å²) in [6.07, 6.45) is 0. The number of ketones is 1. The van der Waals surface area contributed by atoms with E-state index in [0.717, 1.165) is 11.8 Å². The van der Waals surface area contributed by atoms with Crippen molar-refractivity contribution in [2.75, 3.05) is 25.3 Å². The first-order valence-electron chi connectivity index (χ1n) is 10.7. The first kappa shape index (κ1) is 24.0. The van der Waals surface area contributed by atoms with Gasteiger partial charge in [-0.15, -0.1) is 0 Å². The molecule has 0 saturated carbocycles. The molecule has 1 heterocycles. The second-order valence-electron chi connectivity index (χ2n) is 7.53. The van der Waals surface area contributed by atoms with Crippen LogP contribution in [0, 0.1) is 0 Å². The van der Waals surface area contributed by atoms with E-state index in [1.165, 1.54) is 25.7 Å². The van der Waals surface area contributed by atoms with Gasteiger partial charge in [-0.3, -0.25) is 19.0 Å². The molecule has 0 spiro atoms. The predicted molar refractivity (Wildman–Crippen MR) is 136 cm³/mol. The summed E-state index contributed by atoms with van der Waals surface area (Å²) in [5.41, 5.74) is 1.65. The Hall–Kier alpha value is -4.11. The number of nitrogens with zero attached hydrogens (tertiary/aromatic N) is 2. The Balaban J connectivity index is 1.70. The van der Waals surface area contributed by atoms with Crippen molar-refractivity contribution in [1.29, 1.82) is 0 Å². The number of para-hydroxylation sites is 2. The Morgan fingerprint density at radius 3 is 2.43 bits per heavy atom. The molecule has 1 amide bonds. The topological polar surface area (TPSA) is 99.5 Å². The zero-order valence-electron chi connectivity index (χ0n) is 19.4. The highest BCUT2D eigenvalue weighted by Crippen LogP contribution is 2.30. The van der Waals surface area contributed by atoms with E-state index in [2.05, 4.69) is 10.3 Å². The summed E-state index contributed by atoms with van der Waals surface area (Å²) in [6.45, 7) is 1.45. The fraction of sp³-hybridized carbons (Fsp3) is 0.154. The molecule has 0 atom stereocenters. The molecule has 0 aliphatic carbocycles. The Kier molecular flexibility index (Phi) is 7.17. The van der Waals surface area contributed by atoms with E-state index in [-0.39, 0.29) is 23.0 Å². The third kappa shape index (κ3) is 5.04. The number of anilines is 1. The van der Waals surface area contributed by atoms with E-state index in [4.69, 9.17) is 9.47 Å². The molecule has 3 aromatic carbocycles. The van der Waals surface area contributed by atoms with Crippen LogP contribution in [0.1, 0.15) is 17.3 Å². The fourth-order valence-electron chi connectivity index (χ4n) is 3.62. The minimum atomic E-state index is -0.329. The number of rotatable bonds is 8. The largest absolute Gasteiger partial charge is 0.493 e. The smallest absolute Gasteiger partial charge is 0.266 e. The van der Waals surface area contributed by atoms with Gasteiger partial charge in [-0.05, 0) is 43.3 Å².